The highest BCUT2D eigenvalue weighted by molar-refractivity contribution is 5.30. The van der Waals surface area contributed by atoms with Gasteiger partial charge in [0.15, 0.2) is 0 Å². The van der Waals surface area contributed by atoms with Crippen LogP contribution in [0.3, 0.4) is 0 Å². The maximum absolute atomic E-state index is 3.77. The van der Waals surface area contributed by atoms with Gasteiger partial charge in [-0.3, -0.25) is 0 Å². The van der Waals surface area contributed by atoms with Crippen LogP contribution in [-0.2, 0) is 12.8 Å². The Balaban J connectivity index is 1.33. The fraction of sp³-hybridized carbons (Fsp3) is 0.667. The molecule has 1 fully saturated rings. The van der Waals surface area contributed by atoms with Crippen LogP contribution in [0.25, 0.3) is 0 Å². The zero-order chi connectivity index (χ0) is 14.5. The van der Waals surface area contributed by atoms with E-state index < -0.39 is 0 Å². The molecule has 1 atom stereocenters. The minimum Gasteiger partial charge on any atom is -0.314 e. The molecule has 1 aromatic rings. The predicted molar refractivity (Wildman–Crippen MR) is 88.8 cm³/mol. The van der Waals surface area contributed by atoms with Gasteiger partial charge < -0.3 is 15.1 Å². The third-order valence-corrected chi connectivity index (χ3v) is 5.03. The van der Waals surface area contributed by atoms with Gasteiger partial charge in [-0.1, -0.05) is 24.3 Å². The van der Waals surface area contributed by atoms with Crippen molar-refractivity contribution in [1.82, 2.24) is 15.1 Å². The van der Waals surface area contributed by atoms with Gasteiger partial charge in [0, 0.05) is 32.2 Å². The molecule has 0 radical (unpaired) electrons. The molecule has 0 aromatic heterocycles. The Kier molecular flexibility index (Phi) is 5.28. The van der Waals surface area contributed by atoms with E-state index >= 15 is 0 Å². The Bertz CT molecular complexity index is 438. The summed E-state index contributed by atoms with van der Waals surface area (Å²) in [6, 6.07) is 9.62. The molecule has 3 nitrogen and oxygen atoms in total. The van der Waals surface area contributed by atoms with E-state index in [9.17, 15) is 0 Å². The van der Waals surface area contributed by atoms with E-state index in [1.54, 1.807) is 11.1 Å². The number of benzene rings is 1. The van der Waals surface area contributed by atoms with Crippen molar-refractivity contribution >= 4 is 0 Å². The fourth-order valence-electron chi connectivity index (χ4n) is 3.55. The first-order valence-corrected chi connectivity index (χ1v) is 8.52. The molecule has 2 aliphatic rings. The van der Waals surface area contributed by atoms with Crippen molar-refractivity contribution < 1.29 is 0 Å². The molecule has 0 saturated carbocycles. The summed E-state index contributed by atoms with van der Waals surface area (Å²) >= 11 is 0. The maximum Gasteiger partial charge on any atom is 0.0111 e. The van der Waals surface area contributed by atoms with Crippen LogP contribution in [-0.4, -0.2) is 62.2 Å². The van der Waals surface area contributed by atoms with Crippen molar-refractivity contribution in [2.45, 2.75) is 31.7 Å². The molecule has 1 unspecified atom stereocenters. The Morgan fingerprint density at radius 3 is 2.67 bits per heavy atom. The van der Waals surface area contributed by atoms with Crippen LogP contribution in [0.15, 0.2) is 24.3 Å². The number of hydrogen-bond acceptors (Lipinski definition) is 3. The van der Waals surface area contributed by atoms with Crippen molar-refractivity contribution in [2.75, 3.05) is 46.3 Å². The lowest BCUT2D eigenvalue weighted by Crippen LogP contribution is -2.45. The van der Waals surface area contributed by atoms with Gasteiger partial charge in [-0.05, 0) is 56.9 Å². The smallest absolute Gasteiger partial charge is 0.0111 e. The SMILES string of the molecule is CN1CCN(CCCNC2CCc3ccccc3C2)CC1. The van der Waals surface area contributed by atoms with E-state index in [4.69, 9.17) is 0 Å². The van der Waals surface area contributed by atoms with Gasteiger partial charge in [-0.15, -0.1) is 0 Å². The van der Waals surface area contributed by atoms with Gasteiger partial charge in [0.2, 0.25) is 0 Å². The van der Waals surface area contributed by atoms with Crippen LogP contribution in [0, 0.1) is 0 Å². The van der Waals surface area contributed by atoms with Gasteiger partial charge in [0.25, 0.3) is 0 Å². The minimum atomic E-state index is 0.687. The standard InChI is InChI=1S/C18H29N3/c1-20-11-13-21(14-12-20)10-4-9-19-18-8-7-16-5-2-3-6-17(16)15-18/h2-3,5-6,18-19H,4,7-15H2,1H3. The molecule has 1 aromatic carbocycles. The first-order valence-electron chi connectivity index (χ1n) is 8.52. The molecule has 1 N–H and O–H groups in total. The van der Waals surface area contributed by atoms with Crippen LogP contribution in [0.2, 0.25) is 0 Å². The second kappa shape index (κ2) is 7.39. The van der Waals surface area contributed by atoms with Crippen LogP contribution in [0.1, 0.15) is 24.0 Å². The summed E-state index contributed by atoms with van der Waals surface area (Å²) in [5, 5.41) is 3.77. The second-order valence-corrected chi connectivity index (χ2v) is 6.66. The van der Waals surface area contributed by atoms with Crippen molar-refractivity contribution in [3.63, 3.8) is 0 Å². The zero-order valence-electron chi connectivity index (χ0n) is 13.4. The number of fused-ring (bicyclic) bond motifs is 1. The topological polar surface area (TPSA) is 18.5 Å². The van der Waals surface area contributed by atoms with E-state index in [1.165, 1.54) is 65.0 Å². The number of hydrogen-bond donors (Lipinski definition) is 1. The monoisotopic (exact) mass is 287 g/mol. The first-order chi connectivity index (χ1) is 10.3. The first kappa shape index (κ1) is 15.0. The summed E-state index contributed by atoms with van der Waals surface area (Å²) in [6.07, 6.45) is 5.03. The number of nitrogens with zero attached hydrogens (tertiary/aromatic N) is 2. The highest BCUT2D eigenvalue weighted by Gasteiger charge is 2.17. The Morgan fingerprint density at radius 1 is 1.10 bits per heavy atom. The summed E-state index contributed by atoms with van der Waals surface area (Å²) in [5.41, 5.74) is 3.12. The lowest BCUT2D eigenvalue weighted by Gasteiger charge is -2.32. The van der Waals surface area contributed by atoms with Gasteiger partial charge >= 0.3 is 0 Å². The molecule has 3 heteroatoms. The van der Waals surface area contributed by atoms with E-state index in [1.807, 2.05) is 0 Å². The van der Waals surface area contributed by atoms with Crippen LogP contribution < -0.4 is 5.32 Å². The van der Waals surface area contributed by atoms with Crippen molar-refractivity contribution in [3.8, 4) is 0 Å². The van der Waals surface area contributed by atoms with Crippen molar-refractivity contribution in [3.05, 3.63) is 35.4 Å². The number of likely N-dealkylation sites (N-methyl/N-ethyl adjacent to an activating group) is 1. The molecule has 116 valence electrons. The van der Waals surface area contributed by atoms with E-state index in [2.05, 4.69) is 46.4 Å². The molecule has 0 bridgehead atoms. The Morgan fingerprint density at radius 2 is 1.86 bits per heavy atom. The highest BCUT2D eigenvalue weighted by Crippen LogP contribution is 2.20. The number of nitrogens with one attached hydrogen (secondary N) is 1. The Hall–Kier alpha value is -0.900. The van der Waals surface area contributed by atoms with Gasteiger partial charge in [0.05, 0.1) is 0 Å². The molecule has 1 heterocycles. The Labute approximate surface area is 129 Å². The summed E-state index contributed by atoms with van der Waals surface area (Å²) in [4.78, 5) is 5.03. The molecule has 1 aliphatic carbocycles. The largest absolute Gasteiger partial charge is 0.314 e. The van der Waals surface area contributed by atoms with Gasteiger partial charge in [0.1, 0.15) is 0 Å². The summed E-state index contributed by atoms with van der Waals surface area (Å²) in [7, 11) is 2.22. The molecular weight excluding hydrogens is 258 g/mol. The maximum atomic E-state index is 3.77. The molecule has 1 aliphatic heterocycles. The van der Waals surface area contributed by atoms with E-state index in [-0.39, 0.29) is 0 Å². The summed E-state index contributed by atoms with van der Waals surface area (Å²) in [5.74, 6) is 0. The molecule has 0 amide bonds. The van der Waals surface area contributed by atoms with Crippen LogP contribution >= 0.6 is 0 Å². The average Bonchev–Trinajstić information content (AvgIpc) is 2.53. The third-order valence-electron chi connectivity index (χ3n) is 5.03. The third kappa shape index (κ3) is 4.29. The fourth-order valence-corrected chi connectivity index (χ4v) is 3.55. The number of rotatable bonds is 5. The van der Waals surface area contributed by atoms with Crippen LogP contribution in [0.5, 0.6) is 0 Å². The second-order valence-electron chi connectivity index (χ2n) is 6.66. The van der Waals surface area contributed by atoms with Crippen molar-refractivity contribution in [2.24, 2.45) is 0 Å². The molecular formula is C18H29N3. The molecule has 1 saturated heterocycles. The average molecular weight is 287 g/mol. The van der Waals surface area contributed by atoms with Crippen molar-refractivity contribution in [1.29, 1.82) is 0 Å². The highest BCUT2D eigenvalue weighted by atomic mass is 15.2. The predicted octanol–water partition coefficient (Wildman–Crippen LogP) is 1.77. The van der Waals surface area contributed by atoms with E-state index in [0.29, 0.717) is 6.04 Å². The minimum absolute atomic E-state index is 0.687. The summed E-state index contributed by atoms with van der Waals surface area (Å²) < 4.78 is 0. The van der Waals surface area contributed by atoms with Crippen LogP contribution in [0.4, 0.5) is 0 Å². The normalized spacial score (nSPS) is 24.0. The molecule has 0 spiro atoms. The molecule has 21 heavy (non-hydrogen) atoms. The zero-order valence-corrected chi connectivity index (χ0v) is 13.4. The number of piperazine rings is 1. The lowest BCUT2D eigenvalue weighted by molar-refractivity contribution is 0.152. The summed E-state index contributed by atoms with van der Waals surface area (Å²) in [6.45, 7) is 7.36. The van der Waals surface area contributed by atoms with E-state index in [0.717, 1.165) is 0 Å². The molecule has 3 rings (SSSR count). The lowest BCUT2D eigenvalue weighted by atomic mass is 9.88. The van der Waals surface area contributed by atoms with Gasteiger partial charge in [-0.25, -0.2) is 0 Å². The van der Waals surface area contributed by atoms with Gasteiger partial charge in [-0.2, -0.15) is 0 Å². The quantitative estimate of drug-likeness (QED) is 0.833. The number of aryl methyl sites for hydroxylation is 1.